The Balaban J connectivity index is 1.63. The molecule has 0 aliphatic heterocycles. The normalized spacial score (nSPS) is 12.5. The smallest absolute Gasteiger partial charge is 0.243 e. The van der Waals surface area contributed by atoms with Crippen LogP contribution in [0.25, 0.3) is 0 Å². The first-order chi connectivity index (χ1) is 30.8. The van der Waals surface area contributed by atoms with Crippen LogP contribution in [0.3, 0.4) is 0 Å². The predicted molar refractivity (Wildman–Crippen MR) is 247 cm³/mol. The Bertz CT molecular complexity index is 2250. The van der Waals surface area contributed by atoms with E-state index in [0.717, 1.165) is 16.7 Å². The van der Waals surface area contributed by atoms with Crippen molar-refractivity contribution < 1.29 is 28.8 Å². The standard InChI is InChI=1S/C51H59N7O6/c1-8-30-54(47(60)32-53-38(3)42-22-14-10-15-23-42)34-50(63)58(41(6)45-28-20-13-21-29-45)37-51(64)57(40(5)44-26-18-12-19-27-44)36-48(61)55(31-9-2)35-49(62)56(33-46(59)52-7)39(4)43-24-16-11-17-25-43/h1-2,10-29,38-41,53H,30-37H2,3-7H3,(H,52,59)/t38-,39-,40-,41-/m0/s1. The molecular weight excluding hydrogens is 807 g/mol. The number of terminal acetylenes is 2. The van der Waals surface area contributed by atoms with Crippen LogP contribution in [0, 0.1) is 24.7 Å². The summed E-state index contributed by atoms with van der Waals surface area (Å²) in [5.74, 6) is 1.90. The molecule has 0 bridgehead atoms. The highest BCUT2D eigenvalue weighted by atomic mass is 16.2. The monoisotopic (exact) mass is 865 g/mol. The van der Waals surface area contributed by atoms with Gasteiger partial charge >= 0.3 is 0 Å². The first kappa shape index (κ1) is 49.4. The molecule has 0 aliphatic rings. The number of amides is 6. The maximum Gasteiger partial charge on any atom is 0.243 e. The number of rotatable bonds is 22. The lowest BCUT2D eigenvalue weighted by Crippen LogP contribution is -2.52. The Morgan fingerprint density at radius 3 is 1.17 bits per heavy atom. The van der Waals surface area contributed by atoms with E-state index in [2.05, 4.69) is 22.5 Å². The lowest BCUT2D eigenvalue weighted by molar-refractivity contribution is -0.149. The lowest BCUT2D eigenvalue weighted by Gasteiger charge is -2.36. The van der Waals surface area contributed by atoms with Crippen molar-refractivity contribution in [3.63, 3.8) is 0 Å². The molecule has 0 aliphatic carbocycles. The molecule has 0 unspecified atom stereocenters. The fourth-order valence-corrected chi connectivity index (χ4v) is 7.18. The minimum atomic E-state index is -0.676. The molecule has 13 heteroatoms. The minimum Gasteiger partial charge on any atom is -0.358 e. The first-order valence-electron chi connectivity index (χ1n) is 21.2. The van der Waals surface area contributed by atoms with Crippen molar-refractivity contribution in [3.05, 3.63) is 144 Å². The summed E-state index contributed by atoms with van der Waals surface area (Å²) in [6, 6.07) is 35.1. The molecule has 0 spiro atoms. The van der Waals surface area contributed by atoms with Gasteiger partial charge in [-0.2, -0.15) is 0 Å². The third kappa shape index (κ3) is 14.2. The van der Waals surface area contributed by atoms with Crippen LogP contribution in [0.5, 0.6) is 0 Å². The topological polar surface area (TPSA) is 143 Å². The summed E-state index contributed by atoms with van der Waals surface area (Å²) in [7, 11) is 1.47. The molecule has 334 valence electrons. The highest BCUT2D eigenvalue weighted by Gasteiger charge is 2.33. The SMILES string of the molecule is C#CCN(CC(=O)N(CC(=O)NC)[C@@H](C)c1ccccc1)C(=O)CN(C(=O)CN(C(=O)CN(CC#C)C(=O)CN[C@@H](C)c1ccccc1)[C@@H](C)c1ccccc1)[C@@H](C)c1ccccc1. The third-order valence-electron chi connectivity index (χ3n) is 11.2. The largest absolute Gasteiger partial charge is 0.358 e. The maximum atomic E-state index is 14.8. The zero-order chi connectivity index (χ0) is 46.6. The minimum absolute atomic E-state index is 0.0892. The average Bonchev–Trinajstić information content (AvgIpc) is 3.32. The summed E-state index contributed by atoms with van der Waals surface area (Å²) in [5, 5.41) is 5.76. The van der Waals surface area contributed by atoms with E-state index in [1.807, 2.05) is 128 Å². The zero-order valence-corrected chi connectivity index (χ0v) is 37.4. The van der Waals surface area contributed by atoms with Crippen molar-refractivity contribution >= 4 is 35.4 Å². The highest BCUT2D eigenvalue weighted by Crippen LogP contribution is 2.25. The molecule has 0 aromatic heterocycles. The van der Waals surface area contributed by atoms with Crippen molar-refractivity contribution in [1.82, 2.24) is 35.1 Å². The van der Waals surface area contributed by atoms with Gasteiger partial charge in [0, 0.05) is 13.1 Å². The summed E-state index contributed by atoms with van der Waals surface area (Å²) in [6.07, 6.45) is 11.4. The second kappa shape index (κ2) is 25.0. The van der Waals surface area contributed by atoms with Crippen LogP contribution in [0.15, 0.2) is 121 Å². The maximum absolute atomic E-state index is 14.8. The molecule has 4 atom stereocenters. The second-order valence-corrected chi connectivity index (χ2v) is 15.4. The number of carbonyl (C=O) groups is 6. The Morgan fingerprint density at radius 2 is 0.797 bits per heavy atom. The van der Waals surface area contributed by atoms with Gasteiger partial charge in [0.2, 0.25) is 35.4 Å². The highest BCUT2D eigenvalue weighted by molar-refractivity contribution is 5.93. The molecule has 0 heterocycles. The first-order valence-corrected chi connectivity index (χ1v) is 21.2. The van der Waals surface area contributed by atoms with E-state index in [1.54, 1.807) is 20.8 Å². The van der Waals surface area contributed by atoms with E-state index in [-0.39, 0.29) is 32.2 Å². The van der Waals surface area contributed by atoms with Crippen LogP contribution in [0.2, 0.25) is 0 Å². The van der Waals surface area contributed by atoms with E-state index >= 15 is 0 Å². The number of nitrogens with zero attached hydrogens (tertiary/aromatic N) is 5. The predicted octanol–water partition coefficient (Wildman–Crippen LogP) is 4.78. The van der Waals surface area contributed by atoms with E-state index in [4.69, 9.17) is 12.8 Å². The van der Waals surface area contributed by atoms with Gasteiger partial charge in [0.25, 0.3) is 0 Å². The van der Waals surface area contributed by atoms with E-state index in [9.17, 15) is 28.8 Å². The van der Waals surface area contributed by atoms with Crippen LogP contribution in [0.4, 0.5) is 0 Å². The summed E-state index contributed by atoms with van der Waals surface area (Å²) in [4.78, 5) is 90.5. The van der Waals surface area contributed by atoms with E-state index in [1.165, 1.54) is 31.5 Å². The van der Waals surface area contributed by atoms with Crippen LogP contribution < -0.4 is 10.6 Å². The molecule has 64 heavy (non-hydrogen) atoms. The molecule has 4 aromatic carbocycles. The van der Waals surface area contributed by atoms with Gasteiger partial charge < -0.3 is 35.1 Å². The molecule has 13 nitrogen and oxygen atoms in total. The van der Waals surface area contributed by atoms with Crippen molar-refractivity contribution in [2.75, 3.05) is 59.4 Å². The summed E-state index contributed by atoms with van der Waals surface area (Å²) in [5.41, 5.74) is 3.22. The zero-order valence-electron chi connectivity index (χ0n) is 37.4. The molecule has 4 rings (SSSR count). The Labute approximate surface area is 377 Å². The van der Waals surface area contributed by atoms with Gasteiger partial charge in [-0.1, -0.05) is 133 Å². The fourth-order valence-electron chi connectivity index (χ4n) is 7.18. The van der Waals surface area contributed by atoms with Gasteiger partial charge in [-0.3, -0.25) is 28.8 Å². The Hall–Kier alpha value is -7.22. The van der Waals surface area contributed by atoms with Crippen molar-refractivity contribution in [2.45, 2.75) is 51.9 Å². The Kier molecular flexibility index (Phi) is 19.3. The van der Waals surface area contributed by atoms with Gasteiger partial charge in [-0.25, -0.2) is 0 Å². The van der Waals surface area contributed by atoms with E-state index < -0.39 is 79.7 Å². The van der Waals surface area contributed by atoms with Gasteiger partial charge in [-0.15, -0.1) is 12.8 Å². The molecule has 0 saturated heterocycles. The second-order valence-electron chi connectivity index (χ2n) is 15.4. The number of carbonyl (C=O) groups excluding carboxylic acids is 6. The van der Waals surface area contributed by atoms with Gasteiger partial charge in [-0.05, 0) is 49.9 Å². The lowest BCUT2D eigenvalue weighted by atomic mass is 10.1. The quantitative estimate of drug-likeness (QED) is 0.108. The number of benzene rings is 4. The molecule has 0 fully saturated rings. The number of hydrogen-bond donors (Lipinski definition) is 2. The third-order valence-corrected chi connectivity index (χ3v) is 11.2. The summed E-state index contributed by atoms with van der Waals surface area (Å²) >= 11 is 0. The summed E-state index contributed by atoms with van der Waals surface area (Å²) in [6.45, 7) is 4.68. The summed E-state index contributed by atoms with van der Waals surface area (Å²) < 4.78 is 0. The fraction of sp³-hybridized carbons (Fsp3) is 0.333. The van der Waals surface area contributed by atoms with Crippen LogP contribution in [-0.2, 0) is 28.8 Å². The van der Waals surface area contributed by atoms with Crippen molar-refractivity contribution in [2.24, 2.45) is 0 Å². The van der Waals surface area contributed by atoms with Gasteiger partial charge in [0.15, 0.2) is 0 Å². The van der Waals surface area contributed by atoms with Crippen molar-refractivity contribution in [3.8, 4) is 24.7 Å². The molecular formula is C51H59N7O6. The van der Waals surface area contributed by atoms with Gasteiger partial charge in [0.1, 0.15) is 32.7 Å². The van der Waals surface area contributed by atoms with Crippen LogP contribution >= 0.6 is 0 Å². The molecule has 2 N–H and O–H groups in total. The molecule has 0 saturated carbocycles. The number of hydrogen-bond acceptors (Lipinski definition) is 7. The molecule has 4 aromatic rings. The molecule has 6 amide bonds. The Morgan fingerprint density at radius 1 is 0.469 bits per heavy atom. The van der Waals surface area contributed by atoms with Crippen molar-refractivity contribution in [1.29, 1.82) is 0 Å². The van der Waals surface area contributed by atoms with Crippen LogP contribution in [0.1, 0.15) is 74.1 Å². The average molecular weight is 866 g/mol. The van der Waals surface area contributed by atoms with E-state index in [0.29, 0.717) is 5.56 Å². The van der Waals surface area contributed by atoms with Crippen LogP contribution in [-0.4, -0.2) is 119 Å². The number of likely N-dealkylation sites (N-methyl/N-ethyl adjacent to an activating group) is 1. The number of nitrogens with one attached hydrogen (secondary N) is 2. The van der Waals surface area contributed by atoms with Gasteiger partial charge in [0.05, 0.1) is 37.8 Å². The molecule has 0 radical (unpaired) electrons.